The fourth-order valence-electron chi connectivity index (χ4n) is 1.88. The molecule has 94 valence electrons. The molecule has 0 saturated heterocycles. The largest absolute Gasteiger partial charge is 0.299 e. The van der Waals surface area contributed by atoms with E-state index in [2.05, 4.69) is 21.0 Å². The van der Waals surface area contributed by atoms with Gasteiger partial charge in [-0.2, -0.15) is 5.10 Å². The first kappa shape index (κ1) is 13.0. The van der Waals surface area contributed by atoms with Crippen molar-refractivity contribution in [3.63, 3.8) is 0 Å². The third kappa shape index (κ3) is 3.53. The van der Waals surface area contributed by atoms with Gasteiger partial charge in [0.15, 0.2) is 0 Å². The molecule has 1 aromatic heterocycles. The van der Waals surface area contributed by atoms with Crippen LogP contribution in [0.3, 0.4) is 0 Å². The second-order valence-corrected chi connectivity index (χ2v) is 5.21. The zero-order chi connectivity index (χ0) is 13.0. The Balaban J connectivity index is 1.88. The van der Waals surface area contributed by atoms with Gasteiger partial charge in [-0.05, 0) is 30.2 Å². The van der Waals surface area contributed by atoms with Crippen LogP contribution in [-0.2, 0) is 24.7 Å². The van der Waals surface area contributed by atoms with Crippen molar-refractivity contribution in [2.24, 2.45) is 7.05 Å². The number of Topliss-reactive ketones (excluding diaryl/α,β-unsaturated/α-hetero) is 1. The number of carbonyl (C=O) groups excluding carboxylic acids is 1. The van der Waals surface area contributed by atoms with Crippen molar-refractivity contribution < 1.29 is 4.79 Å². The zero-order valence-corrected chi connectivity index (χ0v) is 11.9. The van der Waals surface area contributed by atoms with Crippen LogP contribution >= 0.6 is 15.9 Å². The number of nitrogens with zero attached hydrogens (tertiary/aromatic N) is 2. The van der Waals surface area contributed by atoms with Crippen molar-refractivity contribution in [1.29, 1.82) is 0 Å². The lowest BCUT2D eigenvalue weighted by atomic mass is 10.1. The molecule has 0 fully saturated rings. The molecule has 1 aromatic carbocycles. The number of ketones is 1. The van der Waals surface area contributed by atoms with Crippen LogP contribution in [0.25, 0.3) is 0 Å². The summed E-state index contributed by atoms with van der Waals surface area (Å²) >= 11 is 3.41. The first-order chi connectivity index (χ1) is 8.65. The van der Waals surface area contributed by atoms with Gasteiger partial charge in [0.1, 0.15) is 5.78 Å². The van der Waals surface area contributed by atoms with Crippen molar-refractivity contribution in [2.75, 3.05) is 0 Å². The van der Waals surface area contributed by atoms with Crippen LogP contribution < -0.4 is 0 Å². The number of carbonyl (C=O) groups is 1. The van der Waals surface area contributed by atoms with Crippen molar-refractivity contribution in [3.8, 4) is 0 Å². The van der Waals surface area contributed by atoms with Crippen molar-refractivity contribution in [2.45, 2.75) is 19.3 Å². The summed E-state index contributed by atoms with van der Waals surface area (Å²) in [7, 11) is 1.90. The molecule has 0 bridgehead atoms. The quantitative estimate of drug-likeness (QED) is 0.851. The number of aryl methyl sites for hydroxylation is 2. The predicted octanol–water partition coefficient (Wildman–Crippen LogP) is 2.93. The van der Waals surface area contributed by atoms with Gasteiger partial charge in [-0.1, -0.05) is 28.1 Å². The lowest BCUT2D eigenvalue weighted by Crippen LogP contribution is -2.06. The molecule has 1 heterocycles. The van der Waals surface area contributed by atoms with E-state index in [-0.39, 0.29) is 5.78 Å². The Kier molecular flexibility index (Phi) is 4.31. The summed E-state index contributed by atoms with van der Waals surface area (Å²) in [6.45, 7) is 0. The maximum atomic E-state index is 11.9. The summed E-state index contributed by atoms with van der Waals surface area (Å²) in [4.78, 5) is 11.9. The highest BCUT2D eigenvalue weighted by atomic mass is 79.9. The molecule has 3 nitrogen and oxygen atoms in total. The molecular formula is C14H15BrN2O. The molecule has 2 aromatic rings. The van der Waals surface area contributed by atoms with E-state index < -0.39 is 0 Å². The molecule has 0 aliphatic heterocycles. The number of aromatic nitrogens is 2. The summed E-state index contributed by atoms with van der Waals surface area (Å²) < 4.78 is 2.83. The van der Waals surface area contributed by atoms with Gasteiger partial charge < -0.3 is 0 Å². The maximum absolute atomic E-state index is 11.9. The summed E-state index contributed by atoms with van der Waals surface area (Å²) in [6, 6.07) is 9.83. The first-order valence-corrected chi connectivity index (χ1v) is 6.67. The Morgan fingerprint density at radius 3 is 2.89 bits per heavy atom. The van der Waals surface area contributed by atoms with E-state index in [1.54, 1.807) is 6.20 Å². The normalized spacial score (nSPS) is 10.6. The fraction of sp³-hybridized carbons (Fsp3) is 0.286. The summed E-state index contributed by atoms with van der Waals surface area (Å²) in [6.07, 6.45) is 3.57. The van der Waals surface area contributed by atoms with Crippen LogP contribution in [0.2, 0.25) is 0 Å². The fourth-order valence-corrected chi connectivity index (χ4v) is 2.32. The number of hydrogen-bond donors (Lipinski definition) is 0. The van der Waals surface area contributed by atoms with Crippen LogP contribution in [0.5, 0.6) is 0 Å². The molecule has 0 aliphatic carbocycles. The second-order valence-electron chi connectivity index (χ2n) is 4.29. The topological polar surface area (TPSA) is 34.9 Å². The minimum atomic E-state index is 0.259. The van der Waals surface area contributed by atoms with E-state index in [4.69, 9.17) is 0 Å². The molecule has 0 spiro atoms. The Hall–Kier alpha value is -1.42. The average Bonchev–Trinajstić information content (AvgIpc) is 2.72. The van der Waals surface area contributed by atoms with Crippen LogP contribution in [0.15, 0.2) is 41.0 Å². The molecule has 0 aliphatic rings. The molecule has 0 atom stereocenters. The molecule has 0 unspecified atom stereocenters. The van der Waals surface area contributed by atoms with Crippen molar-refractivity contribution in [3.05, 3.63) is 52.3 Å². The van der Waals surface area contributed by atoms with Gasteiger partial charge in [0.05, 0.1) is 0 Å². The van der Waals surface area contributed by atoms with Crippen LogP contribution in [0, 0.1) is 0 Å². The first-order valence-electron chi connectivity index (χ1n) is 5.88. The summed E-state index contributed by atoms with van der Waals surface area (Å²) in [5, 5.41) is 4.09. The Labute approximate surface area is 115 Å². The van der Waals surface area contributed by atoms with Gasteiger partial charge in [0.2, 0.25) is 0 Å². The van der Waals surface area contributed by atoms with Gasteiger partial charge in [0, 0.05) is 36.3 Å². The Morgan fingerprint density at radius 1 is 1.39 bits per heavy atom. The maximum Gasteiger partial charge on any atom is 0.137 e. The molecule has 2 rings (SSSR count). The Morgan fingerprint density at radius 2 is 2.22 bits per heavy atom. The molecule has 0 saturated carbocycles. The molecular weight excluding hydrogens is 292 g/mol. The predicted molar refractivity (Wildman–Crippen MR) is 74.4 cm³/mol. The van der Waals surface area contributed by atoms with Crippen molar-refractivity contribution >= 4 is 21.7 Å². The number of benzene rings is 1. The minimum absolute atomic E-state index is 0.259. The second kappa shape index (κ2) is 5.96. The third-order valence-electron chi connectivity index (χ3n) is 2.87. The lowest BCUT2D eigenvalue weighted by Gasteiger charge is -2.03. The van der Waals surface area contributed by atoms with Gasteiger partial charge >= 0.3 is 0 Å². The van der Waals surface area contributed by atoms with Gasteiger partial charge in [-0.25, -0.2) is 0 Å². The molecule has 4 heteroatoms. The van der Waals surface area contributed by atoms with Crippen LogP contribution in [-0.4, -0.2) is 15.6 Å². The lowest BCUT2D eigenvalue weighted by molar-refractivity contribution is -0.118. The van der Waals surface area contributed by atoms with E-state index in [1.807, 2.05) is 42.1 Å². The summed E-state index contributed by atoms with van der Waals surface area (Å²) in [5.74, 6) is 0.259. The van der Waals surface area contributed by atoms with E-state index in [1.165, 1.54) is 0 Å². The van der Waals surface area contributed by atoms with Gasteiger partial charge in [0.25, 0.3) is 0 Å². The number of hydrogen-bond acceptors (Lipinski definition) is 2. The highest BCUT2D eigenvalue weighted by molar-refractivity contribution is 9.10. The number of rotatable bonds is 5. The molecule has 0 N–H and O–H groups in total. The van der Waals surface area contributed by atoms with E-state index in [9.17, 15) is 4.79 Å². The van der Waals surface area contributed by atoms with Crippen molar-refractivity contribution in [1.82, 2.24) is 9.78 Å². The van der Waals surface area contributed by atoms with Gasteiger partial charge in [-0.3, -0.25) is 9.48 Å². The highest BCUT2D eigenvalue weighted by Gasteiger charge is 2.06. The van der Waals surface area contributed by atoms with Crippen LogP contribution in [0.1, 0.15) is 17.7 Å². The monoisotopic (exact) mass is 306 g/mol. The average molecular weight is 307 g/mol. The summed E-state index contributed by atoms with van der Waals surface area (Å²) in [5.41, 5.74) is 2.15. The number of halogens is 1. The van der Waals surface area contributed by atoms with Crippen LogP contribution in [0.4, 0.5) is 0 Å². The Bertz CT molecular complexity index is 548. The van der Waals surface area contributed by atoms with E-state index >= 15 is 0 Å². The highest BCUT2D eigenvalue weighted by Crippen LogP contribution is 2.13. The molecule has 18 heavy (non-hydrogen) atoms. The smallest absolute Gasteiger partial charge is 0.137 e. The minimum Gasteiger partial charge on any atom is -0.299 e. The van der Waals surface area contributed by atoms with E-state index in [0.29, 0.717) is 12.8 Å². The molecule has 0 amide bonds. The third-order valence-corrected chi connectivity index (χ3v) is 3.37. The molecule has 0 radical (unpaired) electrons. The SMILES string of the molecule is Cn1nccc1CCC(=O)Cc1cccc(Br)c1. The van der Waals surface area contributed by atoms with E-state index in [0.717, 1.165) is 22.2 Å². The zero-order valence-electron chi connectivity index (χ0n) is 10.3. The van der Waals surface area contributed by atoms with Gasteiger partial charge in [-0.15, -0.1) is 0 Å². The standard InChI is InChI=1S/C14H15BrN2O/c1-17-13(7-8-16-17)5-6-14(18)10-11-3-2-4-12(15)9-11/h2-4,7-9H,5-6,10H2,1H3.